The highest BCUT2D eigenvalue weighted by Crippen LogP contribution is 2.15. The fraction of sp³-hybridized carbons (Fsp3) is 0.412. The number of hydrogen-bond acceptors (Lipinski definition) is 5. The molecule has 1 N–H and O–H groups in total. The molecule has 0 spiro atoms. The highest BCUT2D eigenvalue weighted by Gasteiger charge is 2.16. The largest absolute Gasteiger partial charge is 0.316 e. The molecule has 7 heteroatoms. The van der Waals surface area contributed by atoms with Crippen molar-refractivity contribution in [1.29, 1.82) is 0 Å². The van der Waals surface area contributed by atoms with Crippen molar-refractivity contribution in [3.63, 3.8) is 0 Å². The van der Waals surface area contributed by atoms with Gasteiger partial charge in [0.05, 0.1) is 5.69 Å². The molecule has 1 aromatic carbocycles. The van der Waals surface area contributed by atoms with Crippen LogP contribution in [0.1, 0.15) is 24.4 Å². The van der Waals surface area contributed by atoms with Gasteiger partial charge >= 0.3 is 0 Å². The highest BCUT2D eigenvalue weighted by atomic mass is 15.4. The van der Waals surface area contributed by atoms with Gasteiger partial charge in [-0.05, 0) is 50.4 Å². The van der Waals surface area contributed by atoms with Gasteiger partial charge in [0, 0.05) is 11.9 Å². The van der Waals surface area contributed by atoms with Crippen LogP contribution in [0.5, 0.6) is 0 Å². The Balaban J connectivity index is 1.46. The van der Waals surface area contributed by atoms with Crippen molar-refractivity contribution in [3.05, 3.63) is 54.4 Å². The van der Waals surface area contributed by atoms with Crippen molar-refractivity contribution in [3.8, 4) is 5.69 Å². The minimum absolute atomic E-state index is 0.560. The third-order valence-electron chi connectivity index (χ3n) is 4.44. The average molecular weight is 323 g/mol. The van der Waals surface area contributed by atoms with E-state index < -0.39 is 0 Å². The number of aromatic nitrogens is 6. The first-order valence-electron chi connectivity index (χ1n) is 8.42. The predicted molar refractivity (Wildman–Crippen MR) is 89.8 cm³/mol. The maximum Gasteiger partial charge on any atom is 0.159 e. The van der Waals surface area contributed by atoms with Crippen molar-refractivity contribution in [2.24, 2.45) is 5.92 Å². The lowest BCUT2D eigenvalue weighted by molar-refractivity contribution is 0.373. The Labute approximate surface area is 140 Å². The van der Waals surface area contributed by atoms with Crippen molar-refractivity contribution < 1.29 is 0 Å². The summed E-state index contributed by atoms with van der Waals surface area (Å²) in [5.41, 5.74) is 2.10. The van der Waals surface area contributed by atoms with Crippen molar-refractivity contribution in [2.45, 2.75) is 25.8 Å². The molecule has 3 heterocycles. The number of rotatable bonds is 5. The van der Waals surface area contributed by atoms with Gasteiger partial charge in [-0.3, -0.25) is 4.57 Å². The van der Waals surface area contributed by atoms with Crippen LogP contribution in [0.3, 0.4) is 0 Å². The van der Waals surface area contributed by atoms with Gasteiger partial charge in [-0.2, -0.15) is 0 Å². The van der Waals surface area contributed by atoms with E-state index in [1.807, 2.05) is 45.8 Å². The third-order valence-corrected chi connectivity index (χ3v) is 4.44. The van der Waals surface area contributed by atoms with E-state index in [9.17, 15) is 0 Å². The molecule has 0 aliphatic carbocycles. The zero-order valence-electron chi connectivity index (χ0n) is 13.5. The summed E-state index contributed by atoms with van der Waals surface area (Å²) >= 11 is 0. The van der Waals surface area contributed by atoms with Crippen LogP contribution in [0.25, 0.3) is 5.69 Å². The molecule has 4 rings (SSSR count). The SMILES string of the molecule is c1ccc(-n2cnnc2Cn2cc(CC3CCCNC3)nn2)cc1. The number of nitrogens with zero attached hydrogens (tertiary/aromatic N) is 6. The van der Waals surface area contributed by atoms with Crippen molar-refractivity contribution >= 4 is 0 Å². The minimum atomic E-state index is 0.560. The summed E-state index contributed by atoms with van der Waals surface area (Å²) in [6, 6.07) is 10.1. The first-order valence-corrected chi connectivity index (χ1v) is 8.42. The molecule has 0 saturated carbocycles. The van der Waals surface area contributed by atoms with E-state index in [0.29, 0.717) is 12.5 Å². The first kappa shape index (κ1) is 15.0. The van der Waals surface area contributed by atoms with E-state index in [1.165, 1.54) is 12.8 Å². The zero-order chi connectivity index (χ0) is 16.2. The van der Waals surface area contributed by atoms with E-state index in [1.54, 1.807) is 6.33 Å². The molecule has 0 bridgehead atoms. The number of nitrogens with one attached hydrogen (secondary N) is 1. The van der Waals surface area contributed by atoms with E-state index in [-0.39, 0.29) is 0 Å². The Bertz CT molecular complexity index is 771. The second-order valence-electron chi connectivity index (χ2n) is 6.28. The highest BCUT2D eigenvalue weighted by molar-refractivity contribution is 5.31. The van der Waals surface area contributed by atoms with Crippen molar-refractivity contribution in [2.75, 3.05) is 13.1 Å². The predicted octanol–water partition coefficient (Wildman–Crippen LogP) is 1.45. The van der Waals surface area contributed by atoms with Crippen LogP contribution in [0.15, 0.2) is 42.9 Å². The van der Waals surface area contributed by atoms with Gasteiger partial charge in [-0.25, -0.2) is 4.68 Å². The third kappa shape index (κ3) is 3.35. The quantitative estimate of drug-likeness (QED) is 0.769. The fourth-order valence-corrected chi connectivity index (χ4v) is 3.22. The average Bonchev–Trinajstić information content (AvgIpc) is 3.27. The summed E-state index contributed by atoms with van der Waals surface area (Å²) in [5.74, 6) is 1.51. The van der Waals surface area contributed by atoms with E-state index >= 15 is 0 Å². The topological polar surface area (TPSA) is 73.5 Å². The van der Waals surface area contributed by atoms with Crippen LogP contribution in [-0.4, -0.2) is 42.8 Å². The molecule has 3 aromatic rings. The number of hydrogen-bond donors (Lipinski definition) is 1. The lowest BCUT2D eigenvalue weighted by atomic mass is 9.95. The summed E-state index contributed by atoms with van der Waals surface area (Å²) in [4.78, 5) is 0. The van der Waals surface area contributed by atoms with Crippen LogP contribution in [0.2, 0.25) is 0 Å². The Kier molecular flexibility index (Phi) is 4.33. The minimum Gasteiger partial charge on any atom is -0.316 e. The normalized spacial score (nSPS) is 17.9. The number of piperidine rings is 1. The van der Waals surface area contributed by atoms with Crippen LogP contribution < -0.4 is 5.32 Å². The molecule has 1 saturated heterocycles. The number of para-hydroxylation sites is 1. The van der Waals surface area contributed by atoms with Crippen LogP contribution in [-0.2, 0) is 13.0 Å². The Morgan fingerprint density at radius 3 is 2.92 bits per heavy atom. The van der Waals surface area contributed by atoms with Gasteiger partial charge in [-0.1, -0.05) is 23.4 Å². The summed E-state index contributed by atoms with van der Waals surface area (Å²) in [6.07, 6.45) is 7.26. The monoisotopic (exact) mass is 323 g/mol. The van der Waals surface area contributed by atoms with E-state index in [4.69, 9.17) is 0 Å². The summed E-state index contributed by atoms with van der Waals surface area (Å²) in [7, 11) is 0. The molecule has 2 aromatic heterocycles. The van der Waals surface area contributed by atoms with Crippen molar-refractivity contribution in [1.82, 2.24) is 35.1 Å². The van der Waals surface area contributed by atoms with Crippen LogP contribution in [0, 0.1) is 5.92 Å². The molecule has 7 nitrogen and oxygen atoms in total. The molecule has 1 fully saturated rings. The molecule has 1 unspecified atom stereocenters. The fourth-order valence-electron chi connectivity index (χ4n) is 3.22. The lowest BCUT2D eigenvalue weighted by Crippen LogP contribution is -2.30. The second kappa shape index (κ2) is 6.92. The summed E-state index contributed by atoms with van der Waals surface area (Å²) in [6.45, 7) is 2.78. The molecule has 0 amide bonds. The number of benzene rings is 1. The summed E-state index contributed by atoms with van der Waals surface area (Å²) < 4.78 is 3.82. The zero-order valence-corrected chi connectivity index (χ0v) is 13.5. The van der Waals surface area contributed by atoms with Gasteiger partial charge in [0.25, 0.3) is 0 Å². The molecule has 24 heavy (non-hydrogen) atoms. The second-order valence-corrected chi connectivity index (χ2v) is 6.28. The first-order chi connectivity index (χ1) is 11.9. The van der Waals surface area contributed by atoms with Crippen LogP contribution in [0.4, 0.5) is 0 Å². The van der Waals surface area contributed by atoms with E-state index in [2.05, 4.69) is 25.8 Å². The molecule has 0 radical (unpaired) electrons. The Hall–Kier alpha value is -2.54. The standard InChI is InChI=1S/C17H21N7/c1-2-6-16(7-3-1)24-13-19-21-17(24)12-23-11-15(20-22-23)9-14-5-4-8-18-10-14/h1-3,6-7,11,13-14,18H,4-5,8-10,12H2. The molecule has 1 atom stereocenters. The molecular weight excluding hydrogens is 302 g/mol. The van der Waals surface area contributed by atoms with Gasteiger partial charge in [0.1, 0.15) is 12.9 Å². The summed E-state index contributed by atoms with van der Waals surface area (Å²) in [5, 5.41) is 20.3. The van der Waals surface area contributed by atoms with Crippen LogP contribution >= 0.6 is 0 Å². The van der Waals surface area contributed by atoms with E-state index in [0.717, 1.165) is 36.7 Å². The lowest BCUT2D eigenvalue weighted by Gasteiger charge is -2.21. The maximum absolute atomic E-state index is 4.32. The Morgan fingerprint density at radius 1 is 1.17 bits per heavy atom. The van der Waals surface area contributed by atoms with Gasteiger partial charge < -0.3 is 5.32 Å². The van der Waals surface area contributed by atoms with Gasteiger partial charge in [-0.15, -0.1) is 15.3 Å². The molecular formula is C17H21N7. The molecule has 124 valence electrons. The van der Waals surface area contributed by atoms with Gasteiger partial charge in [0.2, 0.25) is 0 Å². The Morgan fingerprint density at radius 2 is 2.08 bits per heavy atom. The smallest absolute Gasteiger partial charge is 0.159 e. The molecule has 1 aliphatic rings. The van der Waals surface area contributed by atoms with Gasteiger partial charge in [0.15, 0.2) is 5.82 Å². The molecule has 1 aliphatic heterocycles. The maximum atomic E-state index is 4.32.